The Bertz CT molecular complexity index is 1500. The highest BCUT2D eigenvalue weighted by atomic mass is 16.8. The number of hydrogen-bond donors (Lipinski definition) is 20. The van der Waals surface area contributed by atoms with Crippen molar-refractivity contribution in [2.45, 2.75) is 184 Å². The Balaban J connectivity index is 1.15. The van der Waals surface area contributed by atoms with Gasteiger partial charge in [0.05, 0.1) is 39.6 Å². The van der Waals surface area contributed by atoms with Crippen LogP contribution in [0.1, 0.15) is 0 Å². The number of ether oxygens (including phenoxy) is 11. The van der Waals surface area contributed by atoms with E-state index in [4.69, 9.17) is 52.1 Å². The number of aliphatic hydroxyl groups is 20. The Morgan fingerprint density at radius 3 is 1.16 bits per heavy atom. The number of hydrogen-bond acceptors (Lipinski definition) is 31. The third-order valence-corrected chi connectivity index (χ3v) is 12.4. The Morgan fingerprint density at radius 2 is 0.597 bits per heavy atom. The molecule has 31 nitrogen and oxygen atoms in total. The summed E-state index contributed by atoms with van der Waals surface area (Å²) in [5.74, 6) is 0. The van der Waals surface area contributed by atoms with E-state index < -0.39 is 224 Å². The second-order valence-electron chi connectivity index (χ2n) is 16.8. The Kier molecular flexibility index (Phi) is 19.4. The quantitative estimate of drug-likeness (QED) is 0.0683. The second kappa shape index (κ2) is 23.5. The van der Waals surface area contributed by atoms with E-state index in [1.165, 1.54) is 0 Å². The van der Waals surface area contributed by atoms with Crippen LogP contribution in [0.15, 0.2) is 0 Å². The first-order valence-electron chi connectivity index (χ1n) is 21.1. The fourth-order valence-corrected chi connectivity index (χ4v) is 8.39. The van der Waals surface area contributed by atoms with Crippen molar-refractivity contribution >= 4 is 0 Å². The summed E-state index contributed by atoms with van der Waals surface area (Å²) >= 11 is 0. The summed E-state index contributed by atoms with van der Waals surface area (Å²) in [5, 5.41) is 210. The van der Waals surface area contributed by atoms with Gasteiger partial charge in [-0.1, -0.05) is 0 Å². The van der Waals surface area contributed by atoms with Gasteiger partial charge in [-0.05, 0) is 0 Å². The van der Waals surface area contributed by atoms with Crippen molar-refractivity contribution in [1.82, 2.24) is 0 Å². The molecule has 0 radical (unpaired) electrons. The van der Waals surface area contributed by atoms with Crippen molar-refractivity contribution in [2.75, 3.05) is 39.6 Å². The molecule has 0 aliphatic carbocycles. The first-order chi connectivity index (χ1) is 31.7. The van der Waals surface area contributed by atoms with Crippen molar-refractivity contribution in [3.8, 4) is 0 Å². The monoisotopic (exact) mass is 990 g/mol. The molecule has 20 N–H and O–H groups in total. The molecule has 6 aliphatic heterocycles. The number of aliphatic hydroxyl groups excluding tert-OH is 20. The molecule has 30 atom stereocenters. The van der Waals surface area contributed by atoms with Crippen molar-refractivity contribution in [3.63, 3.8) is 0 Å². The standard InChI is InChI=1S/C36H62O31/c37-1-7-13(42)17(46)23(52)32(59-7)57-6-12-15(44)18(47)24(53)33(63-12)67-30-19(48)14(43)8(2-38)61-36(30)65-28-11(5-41)62-34(25(54)21(28)50)66-29-16(45)9(3-39)60-35(26(29)55)64-27-10(4-40)58-31(56)22(51)20(27)49/h7-56H,1-6H2/t7-,8-,9-,10-,11-,12-,13-,14+,15-,16+,17+,18+,19+,20-,21-,22-,23-,24-,25-,26-,27-,28+,29+,30-,31-,32-,33+,34-,35+,36+/m1/s1. The molecule has 0 amide bonds. The van der Waals surface area contributed by atoms with Crippen LogP contribution in [-0.4, -0.2) is 326 Å². The molecule has 6 heterocycles. The van der Waals surface area contributed by atoms with E-state index in [0.29, 0.717) is 0 Å². The van der Waals surface area contributed by atoms with Crippen LogP contribution < -0.4 is 0 Å². The maximum Gasteiger partial charge on any atom is 0.187 e. The molecule has 0 aromatic rings. The molecule has 0 saturated carbocycles. The van der Waals surface area contributed by atoms with Crippen LogP contribution in [0.4, 0.5) is 0 Å². The van der Waals surface area contributed by atoms with E-state index >= 15 is 0 Å². The van der Waals surface area contributed by atoms with Crippen LogP contribution in [0.25, 0.3) is 0 Å². The van der Waals surface area contributed by atoms with Crippen LogP contribution in [0.3, 0.4) is 0 Å². The van der Waals surface area contributed by atoms with Gasteiger partial charge in [0.25, 0.3) is 0 Å². The average Bonchev–Trinajstić information content (AvgIpc) is 3.32. The van der Waals surface area contributed by atoms with Crippen LogP contribution >= 0.6 is 0 Å². The Hall–Kier alpha value is -1.24. The minimum absolute atomic E-state index is 0.800. The first kappa shape index (κ1) is 55.1. The molecule has 0 aromatic heterocycles. The lowest BCUT2D eigenvalue weighted by atomic mass is 9.95. The minimum Gasteiger partial charge on any atom is -0.394 e. The maximum atomic E-state index is 11.4. The Labute approximate surface area is 378 Å². The number of rotatable bonds is 16. The van der Waals surface area contributed by atoms with Gasteiger partial charge in [-0.15, -0.1) is 0 Å². The summed E-state index contributed by atoms with van der Waals surface area (Å²) in [6.45, 7) is -5.52. The molecule has 6 fully saturated rings. The molecular weight excluding hydrogens is 928 g/mol. The van der Waals surface area contributed by atoms with Gasteiger partial charge in [-0.2, -0.15) is 0 Å². The summed E-state index contributed by atoms with van der Waals surface area (Å²) in [5.41, 5.74) is 0. The van der Waals surface area contributed by atoms with Gasteiger partial charge in [0.2, 0.25) is 0 Å². The van der Waals surface area contributed by atoms with Crippen LogP contribution in [0.2, 0.25) is 0 Å². The summed E-state index contributed by atoms with van der Waals surface area (Å²) in [6, 6.07) is 0. The molecule has 31 heteroatoms. The summed E-state index contributed by atoms with van der Waals surface area (Å²) in [4.78, 5) is 0. The zero-order valence-electron chi connectivity index (χ0n) is 35.0. The smallest absolute Gasteiger partial charge is 0.187 e. The maximum absolute atomic E-state index is 11.4. The largest absolute Gasteiger partial charge is 0.394 e. The molecule has 0 bridgehead atoms. The molecule has 6 rings (SSSR count). The van der Waals surface area contributed by atoms with Crippen molar-refractivity contribution in [1.29, 1.82) is 0 Å². The Morgan fingerprint density at radius 1 is 0.254 bits per heavy atom. The van der Waals surface area contributed by atoms with E-state index in [2.05, 4.69) is 0 Å². The topological polar surface area (TPSA) is 506 Å². The van der Waals surface area contributed by atoms with Crippen LogP contribution in [-0.2, 0) is 52.1 Å². The molecule has 0 aromatic carbocycles. The fourth-order valence-electron chi connectivity index (χ4n) is 8.39. The van der Waals surface area contributed by atoms with E-state index in [1.54, 1.807) is 0 Å². The molecule has 67 heavy (non-hydrogen) atoms. The summed E-state index contributed by atoms with van der Waals surface area (Å²) in [7, 11) is 0. The summed E-state index contributed by atoms with van der Waals surface area (Å²) in [6.07, 6.45) is -57.5. The predicted molar refractivity (Wildman–Crippen MR) is 199 cm³/mol. The molecule has 6 aliphatic rings. The van der Waals surface area contributed by atoms with E-state index in [9.17, 15) is 102 Å². The predicted octanol–water partition coefficient (Wildman–Crippen LogP) is -14.1. The van der Waals surface area contributed by atoms with E-state index in [-0.39, 0.29) is 0 Å². The highest BCUT2D eigenvalue weighted by Crippen LogP contribution is 2.36. The third kappa shape index (κ3) is 11.4. The molecule has 0 spiro atoms. The lowest BCUT2D eigenvalue weighted by Crippen LogP contribution is -2.68. The van der Waals surface area contributed by atoms with Crippen molar-refractivity contribution < 1.29 is 154 Å². The molecule has 392 valence electrons. The third-order valence-electron chi connectivity index (χ3n) is 12.4. The van der Waals surface area contributed by atoms with Gasteiger partial charge >= 0.3 is 0 Å². The average molecular weight is 991 g/mol. The molecular formula is C36H62O31. The van der Waals surface area contributed by atoms with Crippen molar-refractivity contribution in [2.24, 2.45) is 0 Å². The van der Waals surface area contributed by atoms with Gasteiger partial charge in [0.1, 0.15) is 146 Å². The van der Waals surface area contributed by atoms with Crippen molar-refractivity contribution in [3.05, 3.63) is 0 Å². The molecule has 6 saturated heterocycles. The lowest BCUT2D eigenvalue weighted by Gasteiger charge is -2.49. The van der Waals surface area contributed by atoms with E-state index in [0.717, 1.165) is 0 Å². The molecule has 0 unspecified atom stereocenters. The van der Waals surface area contributed by atoms with E-state index in [1.807, 2.05) is 0 Å². The normalized spacial score (nSPS) is 53.4. The lowest BCUT2D eigenvalue weighted by molar-refractivity contribution is -0.399. The van der Waals surface area contributed by atoms with Gasteiger partial charge in [-0.3, -0.25) is 0 Å². The SMILES string of the molecule is OC[C@H]1O[C@@H](O[C@@H]2[C@H](O)[C@@H](O)[C@@H](O[C@H]3[C@@H](O)[C@@H](CO)O[C@@H](O[C@H]4[C@H](O)[C@@H](O)[C@H](O)O[C@@H]4CO)[C@@H]3O)O[C@@H]2CO)[C@H](O[C@@H]2O[C@H](CO[C@@H]3O[C@H](CO)[C@@H](O)[C@H](O)[C@H]3O)[C@@H](O)[C@H](O)[C@H]2O)[C@@H](O)[C@H]1O. The minimum atomic E-state index is -2.25. The van der Waals surface area contributed by atoms with Gasteiger partial charge in [0, 0.05) is 0 Å². The van der Waals surface area contributed by atoms with Gasteiger partial charge in [-0.25, -0.2) is 0 Å². The fraction of sp³-hybridized carbons (Fsp3) is 1.00. The first-order valence-corrected chi connectivity index (χ1v) is 21.1. The zero-order valence-corrected chi connectivity index (χ0v) is 35.0. The van der Waals surface area contributed by atoms with Crippen LogP contribution in [0, 0.1) is 0 Å². The van der Waals surface area contributed by atoms with Gasteiger partial charge < -0.3 is 154 Å². The summed E-state index contributed by atoms with van der Waals surface area (Å²) < 4.78 is 60.8. The highest BCUT2D eigenvalue weighted by Gasteiger charge is 2.57. The zero-order chi connectivity index (χ0) is 49.3. The highest BCUT2D eigenvalue weighted by molar-refractivity contribution is 4.99. The van der Waals surface area contributed by atoms with Crippen LogP contribution in [0.5, 0.6) is 0 Å². The van der Waals surface area contributed by atoms with Gasteiger partial charge in [0.15, 0.2) is 37.7 Å². The second-order valence-corrected chi connectivity index (χ2v) is 16.8.